The second-order valence-electron chi connectivity index (χ2n) is 7.50. The van der Waals surface area contributed by atoms with Crippen LogP contribution in [-0.4, -0.2) is 30.8 Å². The molecule has 7 heteroatoms. The highest BCUT2D eigenvalue weighted by molar-refractivity contribution is 5.67. The van der Waals surface area contributed by atoms with Gasteiger partial charge in [-0.2, -0.15) is 0 Å². The summed E-state index contributed by atoms with van der Waals surface area (Å²) in [5, 5.41) is 13.2. The minimum atomic E-state index is -1.07. The van der Waals surface area contributed by atoms with Crippen LogP contribution in [0.1, 0.15) is 51.5 Å². The van der Waals surface area contributed by atoms with E-state index < -0.39 is 23.5 Å². The van der Waals surface area contributed by atoms with E-state index in [0.717, 1.165) is 12.0 Å². The van der Waals surface area contributed by atoms with Gasteiger partial charge in [-0.1, -0.05) is 6.07 Å². The molecule has 0 aromatic heterocycles. The van der Waals surface area contributed by atoms with E-state index in [-0.39, 0.29) is 30.6 Å². The summed E-state index contributed by atoms with van der Waals surface area (Å²) in [4.78, 5) is 22.1. The van der Waals surface area contributed by atoms with E-state index >= 15 is 0 Å². The number of nitrogens with one attached hydrogen (secondary N) is 1. The van der Waals surface area contributed by atoms with Crippen LogP contribution >= 0.6 is 0 Å². The molecule has 1 aliphatic carbocycles. The van der Waals surface area contributed by atoms with Gasteiger partial charge >= 0.3 is 6.09 Å². The number of ether oxygens (including phenoxy) is 2. The molecule has 0 bridgehead atoms. The highest BCUT2D eigenvalue weighted by atomic mass is 19.1. The average Bonchev–Trinajstić information content (AvgIpc) is 3.24. The summed E-state index contributed by atoms with van der Waals surface area (Å²) in [6, 6.07) is 4.71. The molecule has 0 saturated heterocycles. The molecule has 6 nitrogen and oxygen atoms in total. The van der Waals surface area contributed by atoms with Gasteiger partial charge in [0.2, 0.25) is 0 Å². The number of carbonyl (C=O) groups excluding carboxylic acids is 2. The van der Waals surface area contributed by atoms with Crippen molar-refractivity contribution in [2.24, 2.45) is 5.92 Å². The molecule has 2 atom stereocenters. The van der Waals surface area contributed by atoms with Crippen LogP contribution in [0.15, 0.2) is 18.2 Å². The number of alkyl carbamates (subject to hydrolysis) is 1. The van der Waals surface area contributed by atoms with Crippen molar-refractivity contribution in [2.45, 2.75) is 51.6 Å². The number of hydrogen-bond acceptors (Lipinski definition) is 5. The highest BCUT2D eigenvalue weighted by Crippen LogP contribution is 2.49. The van der Waals surface area contributed by atoms with E-state index in [9.17, 15) is 19.1 Å². The van der Waals surface area contributed by atoms with Crippen LogP contribution in [-0.2, 0) is 9.53 Å². The SMILES string of the molecule is CC(C)(C)OC(=O)NCCCOc1ccc(C2CC2CC(=O)[O-])cc1F. The van der Waals surface area contributed by atoms with Gasteiger partial charge in [-0.15, -0.1) is 0 Å². The summed E-state index contributed by atoms with van der Waals surface area (Å²) in [5.74, 6) is -1.29. The van der Waals surface area contributed by atoms with E-state index in [0.29, 0.717) is 13.0 Å². The molecule has 1 aromatic rings. The maximum absolute atomic E-state index is 14.1. The molecule has 26 heavy (non-hydrogen) atoms. The number of halogens is 1. The Bertz CT molecular complexity index is 656. The molecular formula is C19H25FNO5-. The van der Waals surface area contributed by atoms with E-state index in [1.807, 2.05) is 0 Å². The van der Waals surface area contributed by atoms with Crippen LogP contribution in [0.3, 0.4) is 0 Å². The largest absolute Gasteiger partial charge is 0.550 e. The summed E-state index contributed by atoms with van der Waals surface area (Å²) in [7, 11) is 0. The van der Waals surface area contributed by atoms with Gasteiger partial charge in [0.05, 0.1) is 6.61 Å². The Morgan fingerprint density at radius 3 is 2.69 bits per heavy atom. The van der Waals surface area contributed by atoms with Gasteiger partial charge in [0, 0.05) is 12.5 Å². The maximum Gasteiger partial charge on any atom is 0.407 e. The number of carboxylic acids is 1. The lowest BCUT2D eigenvalue weighted by molar-refractivity contribution is -0.306. The quantitative estimate of drug-likeness (QED) is 0.714. The molecule has 2 unspecified atom stereocenters. The Kier molecular flexibility index (Phi) is 6.45. The fourth-order valence-corrected chi connectivity index (χ4v) is 2.72. The molecule has 0 aliphatic heterocycles. The monoisotopic (exact) mass is 366 g/mol. The van der Waals surface area contributed by atoms with Gasteiger partial charge in [-0.3, -0.25) is 0 Å². The van der Waals surface area contributed by atoms with E-state index in [4.69, 9.17) is 9.47 Å². The molecule has 144 valence electrons. The van der Waals surface area contributed by atoms with Crippen LogP contribution in [0.4, 0.5) is 9.18 Å². The zero-order chi connectivity index (χ0) is 19.3. The molecule has 2 rings (SSSR count). The number of benzene rings is 1. The molecule has 0 radical (unpaired) electrons. The smallest absolute Gasteiger partial charge is 0.407 e. The Balaban J connectivity index is 1.70. The molecule has 1 saturated carbocycles. The van der Waals surface area contributed by atoms with Gasteiger partial charge in [-0.05, 0) is 69.6 Å². The predicted molar refractivity (Wildman–Crippen MR) is 91.2 cm³/mol. The average molecular weight is 366 g/mol. The molecule has 1 amide bonds. The van der Waals surface area contributed by atoms with Crippen molar-refractivity contribution in [3.63, 3.8) is 0 Å². The first kappa shape index (κ1) is 20.0. The molecular weight excluding hydrogens is 341 g/mol. The van der Waals surface area contributed by atoms with E-state index in [2.05, 4.69) is 5.32 Å². The second-order valence-corrected chi connectivity index (χ2v) is 7.50. The second kappa shape index (κ2) is 8.38. The lowest BCUT2D eigenvalue weighted by Gasteiger charge is -2.19. The fourth-order valence-electron chi connectivity index (χ4n) is 2.72. The molecule has 1 fully saturated rings. The predicted octanol–water partition coefficient (Wildman–Crippen LogP) is 2.36. The van der Waals surface area contributed by atoms with Crippen molar-refractivity contribution < 1.29 is 28.6 Å². The Morgan fingerprint density at radius 1 is 1.35 bits per heavy atom. The molecule has 0 heterocycles. The first-order valence-corrected chi connectivity index (χ1v) is 8.74. The first-order valence-electron chi connectivity index (χ1n) is 8.74. The topological polar surface area (TPSA) is 87.7 Å². The number of aliphatic carboxylic acids is 1. The molecule has 1 aromatic carbocycles. The molecule has 1 aliphatic rings. The van der Waals surface area contributed by atoms with E-state index in [1.165, 1.54) is 6.07 Å². The van der Waals surface area contributed by atoms with Crippen molar-refractivity contribution in [1.29, 1.82) is 0 Å². The van der Waals surface area contributed by atoms with Crippen molar-refractivity contribution in [1.82, 2.24) is 5.32 Å². The van der Waals surface area contributed by atoms with Gasteiger partial charge in [0.25, 0.3) is 0 Å². The maximum atomic E-state index is 14.1. The lowest BCUT2D eigenvalue weighted by atomic mass is 10.1. The molecule has 1 N–H and O–H groups in total. The number of amides is 1. The van der Waals surface area contributed by atoms with Gasteiger partial charge in [0.15, 0.2) is 11.6 Å². The van der Waals surface area contributed by atoms with Gasteiger partial charge in [0.1, 0.15) is 5.60 Å². The summed E-state index contributed by atoms with van der Waals surface area (Å²) in [6.45, 7) is 5.96. The van der Waals surface area contributed by atoms with Crippen LogP contribution in [0.25, 0.3) is 0 Å². The van der Waals surface area contributed by atoms with Crippen molar-refractivity contribution in [3.05, 3.63) is 29.6 Å². The molecule has 0 spiro atoms. The Hall–Kier alpha value is -2.31. The standard InChI is InChI=1S/C19H26FNO5/c1-19(2,3)26-18(24)21-7-4-8-25-16-6-5-12(10-15(16)20)14-9-13(14)11-17(22)23/h5-6,10,13-14H,4,7-9,11H2,1-3H3,(H,21,24)(H,22,23)/p-1. The fraction of sp³-hybridized carbons (Fsp3) is 0.579. The third-order valence-electron chi connectivity index (χ3n) is 3.98. The van der Waals surface area contributed by atoms with Crippen molar-refractivity contribution in [3.8, 4) is 5.75 Å². The first-order chi connectivity index (χ1) is 12.2. The van der Waals surface area contributed by atoms with Crippen molar-refractivity contribution >= 4 is 12.1 Å². The van der Waals surface area contributed by atoms with Crippen molar-refractivity contribution in [2.75, 3.05) is 13.2 Å². The van der Waals surface area contributed by atoms with E-state index in [1.54, 1.807) is 32.9 Å². The zero-order valence-corrected chi connectivity index (χ0v) is 15.3. The normalized spacial score (nSPS) is 18.9. The Morgan fingerprint density at radius 2 is 2.08 bits per heavy atom. The van der Waals surface area contributed by atoms with Crippen LogP contribution < -0.4 is 15.2 Å². The third-order valence-corrected chi connectivity index (χ3v) is 3.98. The summed E-state index contributed by atoms with van der Waals surface area (Å²) in [5.41, 5.74) is 0.236. The minimum Gasteiger partial charge on any atom is -0.550 e. The summed E-state index contributed by atoms with van der Waals surface area (Å²) >= 11 is 0. The van der Waals surface area contributed by atoms with Crippen LogP contribution in [0.5, 0.6) is 5.75 Å². The summed E-state index contributed by atoms with van der Waals surface area (Å²) < 4.78 is 24.6. The number of hydrogen-bond donors (Lipinski definition) is 1. The Labute approximate surface area is 152 Å². The van der Waals surface area contributed by atoms with Crippen LogP contribution in [0, 0.1) is 11.7 Å². The van der Waals surface area contributed by atoms with Gasteiger partial charge < -0.3 is 24.7 Å². The summed E-state index contributed by atoms with van der Waals surface area (Å²) in [6.07, 6.45) is 0.763. The number of carboxylic acid groups (broad SMARTS) is 1. The van der Waals surface area contributed by atoms with Crippen LogP contribution in [0.2, 0.25) is 0 Å². The van der Waals surface area contributed by atoms with Gasteiger partial charge in [-0.25, -0.2) is 9.18 Å². The minimum absolute atomic E-state index is 0.00911. The zero-order valence-electron chi connectivity index (χ0n) is 15.3. The highest BCUT2D eigenvalue weighted by Gasteiger charge is 2.38. The third kappa shape index (κ3) is 6.54. The number of rotatable bonds is 8. The number of carbonyl (C=O) groups is 2. The lowest BCUT2D eigenvalue weighted by Crippen LogP contribution is -2.33.